The van der Waals surface area contributed by atoms with Gasteiger partial charge in [-0.2, -0.15) is 5.10 Å². The standard InChI is InChI=1S/C19H19BrN2O4/c1-4-9-26-17-7-5-13(10-18(17)25-3)12-21-22-19(23)15-11-14(20)6-8-16(15)24-2/h4-8,10-12H,1,9H2,2-3H3,(H,22,23). The highest BCUT2D eigenvalue weighted by atomic mass is 79.9. The lowest BCUT2D eigenvalue weighted by molar-refractivity contribution is 0.0952. The van der Waals surface area contributed by atoms with Gasteiger partial charge in [0, 0.05) is 4.47 Å². The van der Waals surface area contributed by atoms with Crippen molar-refractivity contribution in [3.63, 3.8) is 0 Å². The molecule has 0 aliphatic carbocycles. The maximum Gasteiger partial charge on any atom is 0.275 e. The number of nitrogens with zero attached hydrogens (tertiary/aromatic N) is 1. The van der Waals surface area contributed by atoms with Gasteiger partial charge >= 0.3 is 0 Å². The molecule has 0 bridgehead atoms. The summed E-state index contributed by atoms with van der Waals surface area (Å²) < 4.78 is 16.7. The van der Waals surface area contributed by atoms with Crippen LogP contribution in [-0.2, 0) is 0 Å². The number of hydrogen-bond acceptors (Lipinski definition) is 5. The Hall–Kier alpha value is -2.80. The predicted octanol–water partition coefficient (Wildman–Crippen LogP) is 3.80. The Kier molecular flexibility index (Phi) is 7.23. The second-order valence-electron chi connectivity index (χ2n) is 5.05. The molecule has 0 radical (unpaired) electrons. The highest BCUT2D eigenvalue weighted by molar-refractivity contribution is 9.10. The molecule has 0 heterocycles. The van der Waals surface area contributed by atoms with Crippen molar-refractivity contribution < 1.29 is 19.0 Å². The predicted molar refractivity (Wildman–Crippen MR) is 104 cm³/mol. The van der Waals surface area contributed by atoms with E-state index >= 15 is 0 Å². The van der Waals surface area contributed by atoms with Gasteiger partial charge in [0.25, 0.3) is 5.91 Å². The zero-order valence-electron chi connectivity index (χ0n) is 14.5. The first-order chi connectivity index (χ1) is 12.6. The smallest absolute Gasteiger partial charge is 0.275 e. The average molecular weight is 419 g/mol. The number of hydrogen-bond donors (Lipinski definition) is 1. The van der Waals surface area contributed by atoms with Crippen molar-refractivity contribution in [3.05, 3.63) is 64.7 Å². The molecule has 1 amide bonds. The monoisotopic (exact) mass is 418 g/mol. The third kappa shape index (κ3) is 5.10. The van der Waals surface area contributed by atoms with Crippen LogP contribution in [0, 0.1) is 0 Å². The van der Waals surface area contributed by atoms with E-state index in [2.05, 4.69) is 33.0 Å². The van der Waals surface area contributed by atoms with E-state index in [1.807, 2.05) is 0 Å². The minimum atomic E-state index is -0.377. The Bertz CT molecular complexity index is 821. The lowest BCUT2D eigenvalue weighted by Crippen LogP contribution is -2.18. The van der Waals surface area contributed by atoms with Gasteiger partial charge in [-0.1, -0.05) is 28.6 Å². The zero-order chi connectivity index (χ0) is 18.9. The molecular formula is C19H19BrN2O4. The molecule has 0 saturated carbocycles. The van der Waals surface area contributed by atoms with Crippen LogP contribution in [-0.4, -0.2) is 32.9 Å². The van der Waals surface area contributed by atoms with Crippen molar-refractivity contribution in [3.8, 4) is 17.2 Å². The number of carbonyl (C=O) groups excluding carboxylic acids is 1. The molecule has 0 fully saturated rings. The third-order valence-corrected chi connectivity index (χ3v) is 3.82. The van der Waals surface area contributed by atoms with Gasteiger partial charge in [-0.15, -0.1) is 0 Å². The zero-order valence-corrected chi connectivity index (χ0v) is 16.1. The van der Waals surface area contributed by atoms with Gasteiger partial charge in [0.1, 0.15) is 12.4 Å². The van der Waals surface area contributed by atoms with Gasteiger partial charge in [-0.05, 0) is 42.0 Å². The van der Waals surface area contributed by atoms with E-state index in [0.29, 0.717) is 29.4 Å². The van der Waals surface area contributed by atoms with E-state index < -0.39 is 0 Å². The number of amides is 1. The molecule has 0 spiro atoms. The van der Waals surface area contributed by atoms with Crippen LogP contribution in [0.1, 0.15) is 15.9 Å². The van der Waals surface area contributed by atoms with E-state index in [1.54, 1.807) is 49.6 Å². The Morgan fingerprint density at radius 3 is 2.58 bits per heavy atom. The molecule has 0 aromatic heterocycles. The minimum Gasteiger partial charge on any atom is -0.496 e. The lowest BCUT2D eigenvalue weighted by atomic mass is 10.2. The number of benzene rings is 2. The average Bonchev–Trinajstić information content (AvgIpc) is 2.66. The summed E-state index contributed by atoms with van der Waals surface area (Å²) in [6.45, 7) is 3.99. The summed E-state index contributed by atoms with van der Waals surface area (Å²) in [5.74, 6) is 1.26. The van der Waals surface area contributed by atoms with Crippen LogP contribution in [0.25, 0.3) is 0 Å². The molecule has 6 nitrogen and oxygen atoms in total. The summed E-state index contributed by atoms with van der Waals surface area (Å²) in [4.78, 5) is 12.3. The van der Waals surface area contributed by atoms with Crippen LogP contribution < -0.4 is 19.6 Å². The minimum absolute atomic E-state index is 0.377. The SMILES string of the molecule is C=CCOc1ccc(C=NNC(=O)c2cc(Br)ccc2OC)cc1OC. The van der Waals surface area contributed by atoms with Gasteiger partial charge in [0.15, 0.2) is 11.5 Å². The molecule has 2 aromatic rings. The van der Waals surface area contributed by atoms with Crippen LogP contribution in [0.3, 0.4) is 0 Å². The van der Waals surface area contributed by atoms with E-state index in [0.717, 1.165) is 10.0 Å². The highest BCUT2D eigenvalue weighted by Gasteiger charge is 2.12. The molecule has 1 N–H and O–H groups in total. The number of halogens is 1. The number of rotatable bonds is 8. The fourth-order valence-corrected chi connectivity index (χ4v) is 2.48. The van der Waals surface area contributed by atoms with Crippen molar-refractivity contribution in [1.29, 1.82) is 0 Å². The lowest BCUT2D eigenvalue weighted by Gasteiger charge is -2.09. The van der Waals surface area contributed by atoms with Crippen LogP contribution in [0.2, 0.25) is 0 Å². The Labute approximate surface area is 160 Å². The fraction of sp³-hybridized carbons (Fsp3) is 0.158. The molecule has 0 aliphatic rings. The van der Waals surface area contributed by atoms with Gasteiger partial charge < -0.3 is 14.2 Å². The normalized spacial score (nSPS) is 10.4. The Balaban J connectivity index is 2.09. The van der Waals surface area contributed by atoms with E-state index in [1.165, 1.54) is 13.3 Å². The molecule has 0 saturated heterocycles. The largest absolute Gasteiger partial charge is 0.496 e. The summed E-state index contributed by atoms with van der Waals surface area (Å²) >= 11 is 3.33. The first-order valence-electron chi connectivity index (χ1n) is 7.67. The molecule has 7 heteroatoms. The Morgan fingerprint density at radius 1 is 1.15 bits per heavy atom. The maximum atomic E-state index is 12.3. The second kappa shape index (κ2) is 9.62. The van der Waals surface area contributed by atoms with Crippen molar-refractivity contribution in [2.24, 2.45) is 5.10 Å². The number of ether oxygens (including phenoxy) is 3. The highest BCUT2D eigenvalue weighted by Crippen LogP contribution is 2.27. The topological polar surface area (TPSA) is 69.2 Å². The maximum absolute atomic E-state index is 12.3. The quantitative estimate of drug-likeness (QED) is 0.402. The summed E-state index contributed by atoms with van der Waals surface area (Å²) in [6, 6.07) is 10.5. The van der Waals surface area contributed by atoms with Gasteiger partial charge in [0.2, 0.25) is 0 Å². The summed E-state index contributed by atoms with van der Waals surface area (Å²) in [5.41, 5.74) is 3.60. The molecule has 136 valence electrons. The summed E-state index contributed by atoms with van der Waals surface area (Å²) in [7, 11) is 3.06. The Morgan fingerprint density at radius 2 is 1.88 bits per heavy atom. The van der Waals surface area contributed by atoms with Gasteiger partial charge in [-0.25, -0.2) is 5.43 Å². The van der Waals surface area contributed by atoms with Crippen molar-refractivity contribution in [2.45, 2.75) is 0 Å². The van der Waals surface area contributed by atoms with Crippen molar-refractivity contribution in [1.82, 2.24) is 5.43 Å². The third-order valence-electron chi connectivity index (χ3n) is 3.33. The first kappa shape index (κ1) is 19.5. The van der Waals surface area contributed by atoms with Crippen LogP contribution in [0.4, 0.5) is 0 Å². The molecule has 0 unspecified atom stereocenters. The van der Waals surface area contributed by atoms with Crippen molar-refractivity contribution >= 4 is 28.1 Å². The molecule has 2 rings (SSSR count). The molecule has 26 heavy (non-hydrogen) atoms. The van der Waals surface area contributed by atoms with E-state index in [9.17, 15) is 4.79 Å². The fourth-order valence-electron chi connectivity index (χ4n) is 2.12. The van der Waals surface area contributed by atoms with Gasteiger partial charge in [0.05, 0.1) is 26.0 Å². The van der Waals surface area contributed by atoms with Crippen LogP contribution in [0.15, 0.2) is 58.6 Å². The van der Waals surface area contributed by atoms with E-state index in [4.69, 9.17) is 14.2 Å². The van der Waals surface area contributed by atoms with E-state index in [-0.39, 0.29) is 5.91 Å². The summed E-state index contributed by atoms with van der Waals surface area (Å²) in [6.07, 6.45) is 3.17. The number of hydrazone groups is 1. The first-order valence-corrected chi connectivity index (χ1v) is 8.47. The molecular weight excluding hydrogens is 400 g/mol. The van der Waals surface area contributed by atoms with Crippen molar-refractivity contribution in [2.75, 3.05) is 20.8 Å². The molecule has 2 aromatic carbocycles. The van der Waals surface area contributed by atoms with Crippen LogP contribution in [0.5, 0.6) is 17.2 Å². The molecule has 0 aliphatic heterocycles. The number of nitrogens with one attached hydrogen (secondary N) is 1. The molecule has 0 atom stereocenters. The van der Waals surface area contributed by atoms with Gasteiger partial charge in [-0.3, -0.25) is 4.79 Å². The number of carbonyl (C=O) groups is 1. The second-order valence-corrected chi connectivity index (χ2v) is 5.97. The van der Waals surface area contributed by atoms with Crippen LogP contribution >= 0.6 is 15.9 Å². The summed E-state index contributed by atoms with van der Waals surface area (Å²) in [5, 5.41) is 3.98. The number of methoxy groups -OCH3 is 2.